The van der Waals surface area contributed by atoms with Crippen LogP contribution in [0, 0.1) is 5.41 Å². The molecular weight excluding hydrogens is 290 g/mol. The van der Waals surface area contributed by atoms with E-state index in [1.807, 2.05) is 35.0 Å². The molecule has 2 aromatic rings. The molecule has 0 atom stereocenters. The number of hydrogen-bond acceptors (Lipinski definition) is 4. The highest BCUT2D eigenvalue weighted by Gasteiger charge is 2.49. The van der Waals surface area contributed by atoms with E-state index < -0.39 is 0 Å². The van der Waals surface area contributed by atoms with Gasteiger partial charge >= 0.3 is 0 Å². The molecule has 2 fully saturated rings. The molecule has 2 aliphatic rings. The number of amides is 1. The van der Waals surface area contributed by atoms with Crippen LogP contribution in [0.1, 0.15) is 22.3 Å². The quantitative estimate of drug-likeness (QED) is 0.854. The van der Waals surface area contributed by atoms with E-state index in [1.54, 1.807) is 12.4 Å². The highest BCUT2D eigenvalue weighted by molar-refractivity contribution is 5.94. The zero-order valence-corrected chi connectivity index (χ0v) is 13.4. The molecule has 2 saturated heterocycles. The Labute approximate surface area is 135 Å². The van der Waals surface area contributed by atoms with E-state index in [2.05, 4.69) is 21.2 Å². The molecule has 0 bridgehead atoms. The number of rotatable bonds is 3. The van der Waals surface area contributed by atoms with E-state index in [-0.39, 0.29) is 5.91 Å². The van der Waals surface area contributed by atoms with Gasteiger partial charge in [0.1, 0.15) is 0 Å². The predicted octanol–water partition coefficient (Wildman–Crippen LogP) is 1.16. The van der Waals surface area contributed by atoms with Crippen LogP contribution in [0.3, 0.4) is 0 Å². The molecule has 1 amide bonds. The van der Waals surface area contributed by atoms with Crippen molar-refractivity contribution in [2.24, 2.45) is 12.5 Å². The van der Waals surface area contributed by atoms with Crippen molar-refractivity contribution in [2.75, 3.05) is 26.2 Å². The van der Waals surface area contributed by atoms with Gasteiger partial charge in [0.2, 0.25) is 0 Å². The lowest BCUT2D eigenvalue weighted by molar-refractivity contribution is 0.0103. The van der Waals surface area contributed by atoms with E-state index >= 15 is 0 Å². The number of hydrogen-bond donors (Lipinski definition) is 0. The predicted molar refractivity (Wildman–Crippen MR) is 85.7 cm³/mol. The minimum absolute atomic E-state index is 0.106. The number of likely N-dealkylation sites (tertiary alicyclic amines) is 2. The molecule has 2 aliphatic heterocycles. The Hall–Kier alpha value is -2.21. The monoisotopic (exact) mass is 311 g/mol. The average molecular weight is 311 g/mol. The van der Waals surface area contributed by atoms with E-state index in [4.69, 9.17) is 0 Å². The minimum Gasteiger partial charge on any atom is -0.337 e. The highest BCUT2D eigenvalue weighted by Crippen LogP contribution is 2.40. The lowest BCUT2D eigenvalue weighted by Crippen LogP contribution is -2.59. The van der Waals surface area contributed by atoms with E-state index in [0.29, 0.717) is 11.0 Å². The Bertz CT molecular complexity index is 705. The summed E-state index contributed by atoms with van der Waals surface area (Å²) >= 11 is 0. The smallest absolute Gasteiger partial charge is 0.255 e. The molecule has 0 saturated carbocycles. The van der Waals surface area contributed by atoms with Gasteiger partial charge in [0.15, 0.2) is 0 Å². The van der Waals surface area contributed by atoms with Crippen molar-refractivity contribution in [1.29, 1.82) is 0 Å². The average Bonchev–Trinajstić information content (AvgIpc) is 3.13. The van der Waals surface area contributed by atoms with Gasteiger partial charge in [-0.3, -0.25) is 19.4 Å². The molecule has 6 heteroatoms. The summed E-state index contributed by atoms with van der Waals surface area (Å²) < 4.78 is 1.85. The van der Waals surface area contributed by atoms with Crippen LogP contribution in [-0.2, 0) is 13.6 Å². The molecule has 0 radical (unpaired) electrons. The van der Waals surface area contributed by atoms with Crippen molar-refractivity contribution in [3.8, 4) is 0 Å². The number of nitrogens with zero attached hydrogens (tertiary/aromatic N) is 5. The van der Waals surface area contributed by atoms with Crippen LogP contribution in [0.25, 0.3) is 0 Å². The van der Waals surface area contributed by atoms with Crippen molar-refractivity contribution < 1.29 is 4.79 Å². The third kappa shape index (κ3) is 2.74. The molecule has 0 unspecified atom stereocenters. The zero-order chi connectivity index (χ0) is 15.9. The van der Waals surface area contributed by atoms with Crippen molar-refractivity contribution in [1.82, 2.24) is 24.6 Å². The molecule has 23 heavy (non-hydrogen) atoms. The summed E-state index contributed by atoms with van der Waals surface area (Å²) in [5.74, 6) is 0.106. The van der Waals surface area contributed by atoms with Gasteiger partial charge in [0, 0.05) is 62.8 Å². The van der Waals surface area contributed by atoms with Crippen molar-refractivity contribution in [3.63, 3.8) is 0 Å². The molecule has 0 aromatic carbocycles. The Morgan fingerprint density at radius 1 is 1.30 bits per heavy atom. The first-order valence-corrected chi connectivity index (χ1v) is 8.03. The molecule has 4 heterocycles. The summed E-state index contributed by atoms with van der Waals surface area (Å²) in [6.07, 6.45) is 8.52. The third-order valence-corrected chi connectivity index (χ3v) is 4.93. The van der Waals surface area contributed by atoms with Crippen molar-refractivity contribution in [3.05, 3.63) is 48.0 Å². The lowest BCUT2D eigenvalue weighted by Gasteiger charge is -2.48. The summed E-state index contributed by atoms with van der Waals surface area (Å²) in [5.41, 5.74) is 2.24. The normalized spacial score (nSPS) is 20.0. The van der Waals surface area contributed by atoms with E-state index in [0.717, 1.165) is 32.7 Å². The van der Waals surface area contributed by atoms with E-state index in [9.17, 15) is 4.79 Å². The second-order valence-electron chi connectivity index (χ2n) is 6.89. The standard InChI is InChI=1S/C17H21N5O/c1-20-9-14(7-19-20)10-21-6-4-17(11-21)12-22(13-17)16(23)15-3-2-5-18-8-15/h2-3,5,7-9H,4,6,10-13H2,1H3. The van der Waals surface area contributed by atoms with Crippen LogP contribution in [-0.4, -0.2) is 56.7 Å². The lowest BCUT2D eigenvalue weighted by atomic mass is 9.79. The minimum atomic E-state index is 0.106. The first-order chi connectivity index (χ1) is 11.1. The largest absolute Gasteiger partial charge is 0.337 e. The second kappa shape index (κ2) is 5.45. The summed E-state index contributed by atoms with van der Waals surface area (Å²) in [6.45, 7) is 4.85. The summed E-state index contributed by atoms with van der Waals surface area (Å²) in [5, 5.41) is 4.23. The SMILES string of the molecule is Cn1cc(CN2CCC3(C2)CN(C(=O)c2cccnc2)C3)cn1. The highest BCUT2D eigenvalue weighted by atomic mass is 16.2. The van der Waals surface area contributed by atoms with Gasteiger partial charge in [0.25, 0.3) is 5.91 Å². The van der Waals surface area contributed by atoms with Crippen molar-refractivity contribution in [2.45, 2.75) is 13.0 Å². The molecule has 2 aromatic heterocycles. The third-order valence-electron chi connectivity index (χ3n) is 4.93. The van der Waals surface area contributed by atoms with Crippen LogP contribution in [0.4, 0.5) is 0 Å². The number of aryl methyl sites for hydroxylation is 1. The van der Waals surface area contributed by atoms with Crippen molar-refractivity contribution >= 4 is 5.91 Å². The maximum Gasteiger partial charge on any atom is 0.255 e. The van der Waals surface area contributed by atoms with Gasteiger partial charge in [-0.1, -0.05) is 0 Å². The number of carbonyl (C=O) groups is 1. The molecule has 4 rings (SSSR count). The number of pyridine rings is 1. The van der Waals surface area contributed by atoms with Crippen LogP contribution in [0.15, 0.2) is 36.9 Å². The van der Waals surface area contributed by atoms with E-state index in [1.165, 1.54) is 12.0 Å². The fourth-order valence-electron chi connectivity index (χ4n) is 3.81. The zero-order valence-electron chi connectivity index (χ0n) is 13.4. The van der Waals surface area contributed by atoms with Crippen LogP contribution < -0.4 is 0 Å². The summed E-state index contributed by atoms with van der Waals surface area (Å²) in [4.78, 5) is 20.9. The fraction of sp³-hybridized carbons (Fsp3) is 0.471. The molecule has 120 valence electrons. The van der Waals surface area contributed by atoms with Crippen LogP contribution in [0.5, 0.6) is 0 Å². The summed E-state index contributed by atoms with van der Waals surface area (Å²) in [7, 11) is 1.95. The van der Waals surface area contributed by atoms with Crippen LogP contribution in [0.2, 0.25) is 0 Å². The van der Waals surface area contributed by atoms with Gasteiger partial charge in [-0.05, 0) is 25.1 Å². The maximum absolute atomic E-state index is 12.4. The molecule has 0 N–H and O–H groups in total. The molecule has 1 spiro atoms. The Morgan fingerprint density at radius 3 is 2.87 bits per heavy atom. The van der Waals surface area contributed by atoms with Gasteiger partial charge in [-0.2, -0.15) is 5.10 Å². The molecular formula is C17H21N5O. The summed E-state index contributed by atoms with van der Waals surface area (Å²) in [6, 6.07) is 3.65. The first kappa shape index (κ1) is 14.4. The maximum atomic E-state index is 12.4. The van der Waals surface area contributed by atoms with Crippen LogP contribution >= 0.6 is 0 Å². The second-order valence-corrected chi connectivity index (χ2v) is 6.89. The first-order valence-electron chi connectivity index (χ1n) is 8.03. The fourth-order valence-corrected chi connectivity index (χ4v) is 3.81. The number of carbonyl (C=O) groups excluding carboxylic acids is 1. The Balaban J connectivity index is 1.33. The molecule has 0 aliphatic carbocycles. The van der Waals surface area contributed by atoms with Gasteiger partial charge in [-0.15, -0.1) is 0 Å². The molecule has 6 nitrogen and oxygen atoms in total. The van der Waals surface area contributed by atoms with Gasteiger partial charge in [-0.25, -0.2) is 0 Å². The Kier molecular flexibility index (Phi) is 3.41. The topological polar surface area (TPSA) is 54.3 Å². The Morgan fingerprint density at radius 2 is 2.17 bits per heavy atom. The van der Waals surface area contributed by atoms with Gasteiger partial charge in [0.05, 0.1) is 11.8 Å². The van der Waals surface area contributed by atoms with Gasteiger partial charge < -0.3 is 4.90 Å². The number of aromatic nitrogens is 3.